The van der Waals surface area contributed by atoms with Crippen molar-refractivity contribution in [3.05, 3.63) is 0 Å². The molecule has 172 valence electrons. The zero-order valence-electron chi connectivity index (χ0n) is 20.9. The van der Waals surface area contributed by atoms with Crippen LogP contribution in [0.4, 0.5) is 0 Å². The van der Waals surface area contributed by atoms with Crippen LogP contribution in [0, 0.1) is 23.7 Å². The standard InChI is InChI=1S/C24H40O6/c1-13-20(4,5)27-29-22(8,9)15-17-24(12,26-19(3)25)18-16-23(10,11)30-28-21(6,7)14-2/h13-14H2,1-12H3. The number of esters is 1. The Morgan fingerprint density at radius 3 is 1.23 bits per heavy atom. The highest BCUT2D eigenvalue weighted by atomic mass is 17.2. The first-order valence-corrected chi connectivity index (χ1v) is 10.4. The van der Waals surface area contributed by atoms with Gasteiger partial charge in [-0.25, -0.2) is 19.6 Å². The molecule has 30 heavy (non-hydrogen) atoms. The summed E-state index contributed by atoms with van der Waals surface area (Å²) in [5, 5.41) is 0. The van der Waals surface area contributed by atoms with E-state index in [1.165, 1.54) is 6.92 Å². The molecule has 6 heteroatoms. The maximum Gasteiger partial charge on any atom is 0.304 e. The fraction of sp³-hybridized carbons (Fsp3) is 0.792. The summed E-state index contributed by atoms with van der Waals surface area (Å²) >= 11 is 0. The summed E-state index contributed by atoms with van der Waals surface area (Å²) in [5.41, 5.74) is -4.10. The Morgan fingerprint density at radius 2 is 0.967 bits per heavy atom. The van der Waals surface area contributed by atoms with Crippen LogP contribution in [0.1, 0.15) is 95.9 Å². The van der Waals surface area contributed by atoms with Gasteiger partial charge in [0.1, 0.15) is 0 Å². The molecule has 0 heterocycles. The molecule has 6 nitrogen and oxygen atoms in total. The lowest BCUT2D eigenvalue weighted by Gasteiger charge is -2.27. The van der Waals surface area contributed by atoms with Gasteiger partial charge in [0.05, 0.1) is 11.2 Å². The summed E-state index contributed by atoms with van der Waals surface area (Å²) in [5.74, 6) is 11.2. The highest BCUT2D eigenvalue weighted by molar-refractivity contribution is 5.67. The molecule has 0 saturated carbocycles. The predicted molar refractivity (Wildman–Crippen MR) is 117 cm³/mol. The molecule has 0 aliphatic heterocycles. The number of carbonyl (C=O) groups is 1. The van der Waals surface area contributed by atoms with Crippen LogP contribution < -0.4 is 0 Å². The molecule has 0 radical (unpaired) electrons. The van der Waals surface area contributed by atoms with Gasteiger partial charge in [0.15, 0.2) is 11.2 Å². The van der Waals surface area contributed by atoms with E-state index in [2.05, 4.69) is 23.7 Å². The average molecular weight is 425 g/mol. The molecule has 0 rings (SSSR count). The van der Waals surface area contributed by atoms with E-state index in [0.29, 0.717) is 0 Å². The third-order valence-corrected chi connectivity index (χ3v) is 4.21. The topological polar surface area (TPSA) is 63.2 Å². The maximum atomic E-state index is 11.6. The maximum absolute atomic E-state index is 11.6. The van der Waals surface area contributed by atoms with Crippen LogP contribution >= 0.6 is 0 Å². The van der Waals surface area contributed by atoms with Gasteiger partial charge in [0.2, 0.25) is 5.60 Å². The summed E-state index contributed by atoms with van der Waals surface area (Å²) < 4.78 is 5.38. The molecule has 0 saturated heterocycles. The Morgan fingerprint density at radius 1 is 0.633 bits per heavy atom. The van der Waals surface area contributed by atoms with E-state index in [0.717, 1.165) is 12.8 Å². The minimum absolute atomic E-state index is 0.439. The van der Waals surface area contributed by atoms with Gasteiger partial charge in [-0.2, -0.15) is 0 Å². The van der Waals surface area contributed by atoms with Gasteiger partial charge in [-0.3, -0.25) is 4.79 Å². The second-order valence-corrected chi connectivity index (χ2v) is 9.71. The Kier molecular flexibility index (Phi) is 10.1. The summed E-state index contributed by atoms with van der Waals surface area (Å²) in [6.07, 6.45) is 1.55. The molecule has 0 aliphatic carbocycles. The molecule has 0 aromatic heterocycles. The molecular formula is C24H40O6. The van der Waals surface area contributed by atoms with Crippen LogP contribution in [-0.4, -0.2) is 34.0 Å². The quantitative estimate of drug-likeness (QED) is 0.221. The highest BCUT2D eigenvalue weighted by Gasteiger charge is 2.29. The minimum atomic E-state index is -1.35. The lowest BCUT2D eigenvalue weighted by atomic mass is 10.0. The van der Waals surface area contributed by atoms with Crippen molar-refractivity contribution >= 4 is 5.97 Å². The second-order valence-electron chi connectivity index (χ2n) is 9.71. The largest absolute Gasteiger partial charge is 0.435 e. The lowest BCUT2D eigenvalue weighted by Crippen LogP contribution is -2.34. The minimum Gasteiger partial charge on any atom is -0.435 e. The van der Waals surface area contributed by atoms with Crippen LogP contribution in [-0.2, 0) is 29.1 Å². The van der Waals surface area contributed by atoms with Gasteiger partial charge in [0.25, 0.3) is 0 Å². The molecule has 0 unspecified atom stereocenters. The van der Waals surface area contributed by atoms with Crippen molar-refractivity contribution in [1.29, 1.82) is 0 Å². The molecule has 0 fully saturated rings. The molecule has 0 N–H and O–H groups in total. The van der Waals surface area contributed by atoms with Crippen molar-refractivity contribution in [3.63, 3.8) is 0 Å². The first-order valence-electron chi connectivity index (χ1n) is 10.4. The third kappa shape index (κ3) is 12.2. The lowest BCUT2D eigenvalue weighted by molar-refractivity contribution is -0.388. The molecule has 0 bridgehead atoms. The monoisotopic (exact) mass is 424 g/mol. The molecule has 0 aromatic rings. The van der Waals surface area contributed by atoms with Gasteiger partial charge in [-0.05, 0) is 87.0 Å². The average Bonchev–Trinajstić information content (AvgIpc) is 2.62. The fourth-order valence-electron chi connectivity index (χ4n) is 1.50. The van der Waals surface area contributed by atoms with Crippen molar-refractivity contribution in [1.82, 2.24) is 0 Å². The van der Waals surface area contributed by atoms with E-state index in [1.54, 1.807) is 34.6 Å². The molecule has 0 aromatic carbocycles. The van der Waals surface area contributed by atoms with Gasteiger partial charge < -0.3 is 4.74 Å². The van der Waals surface area contributed by atoms with Crippen molar-refractivity contribution in [2.24, 2.45) is 0 Å². The zero-order valence-corrected chi connectivity index (χ0v) is 20.9. The van der Waals surface area contributed by atoms with E-state index >= 15 is 0 Å². The van der Waals surface area contributed by atoms with Crippen molar-refractivity contribution in [2.45, 2.75) is 124 Å². The number of hydrogen-bond donors (Lipinski definition) is 0. The summed E-state index contributed by atoms with van der Waals surface area (Å²) in [6.45, 7) is 21.7. The zero-order chi connectivity index (χ0) is 23.9. The van der Waals surface area contributed by atoms with Crippen molar-refractivity contribution < 1.29 is 29.1 Å². The van der Waals surface area contributed by atoms with Crippen LogP contribution in [0.2, 0.25) is 0 Å². The van der Waals surface area contributed by atoms with Crippen molar-refractivity contribution in [3.8, 4) is 23.7 Å². The summed E-state index contributed by atoms with van der Waals surface area (Å²) in [6, 6.07) is 0. The smallest absolute Gasteiger partial charge is 0.304 e. The normalized spacial score (nSPS) is 13.1. The molecule has 0 atom stereocenters. The third-order valence-electron chi connectivity index (χ3n) is 4.21. The Hall–Kier alpha value is -1.57. The van der Waals surface area contributed by atoms with Crippen LogP contribution in [0.5, 0.6) is 0 Å². The first-order chi connectivity index (χ1) is 13.4. The van der Waals surface area contributed by atoms with Gasteiger partial charge in [0, 0.05) is 6.92 Å². The highest BCUT2D eigenvalue weighted by Crippen LogP contribution is 2.21. The summed E-state index contributed by atoms with van der Waals surface area (Å²) in [7, 11) is 0. The number of hydrogen-bond acceptors (Lipinski definition) is 6. The van der Waals surface area contributed by atoms with Gasteiger partial charge >= 0.3 is 5.97 Å². The molecular weight excluding hydrogens is 384 g/mol. The van der Waals surface area contributed by atoms with E-state index < -0.39 is 34.0 Å². The number of rotatable bonds is 9. The Bertz CT molecular complexity index is 645. The van der Waals surface area contributed by atoms with Crippen LogP contribution in [0.25, 0.3) is 0 Å². The van der Waals surface area contributed by atoms with Gasteiger partial charge in [-0.15, -0.1) is 0 Å². The molecule has 0 aliphatic rings. The Balaban J connectivity index is 5.58. The molecule has 0 amide bonds. The number of carbonyl (C=O) groups excluding carboxylic acids is 1. The summed E-state index contributed by atoms with van der Waals surface area (Å²) in [4.78, 5) is 33.6. The van der Waals surface area contributed by atoms with Crippen LogP contribution in [0.3, 0.4) is 0 Å². The van der Waals surface area contributed by atoms with E-state index in [9.17, 15) is 4.79 Å². The molecule has 0 spiro atoms. The second kappa shape index (κ2) is 10.6. The van der Waals surface area contributed by atoms with E-state index in [-0.39, 0.29) is 0 Å². The first kappa shape index (κ1) is 28.4. The number of ether oxygens (including phenoxy) is 1. The fourth-order valence-corrected chi connectivity index (χ4v) is 1.50. The SMILES string of the molecule is CCC(C)(C)OOC(C)(C)C#CC(C)(C#CC(C)(C)OOC(C)(C)CC)OC(C)=O. The Labute approximate surface area is 183 Å². The van der Waals surface area contributed by atoms with Crippen molar-refractivity contribution in [2.75, 3.05) is 0 Å². The van der Waals surface area contributed by atoms with E-state index in [1.807, 2.05) is 41.5 Å². The predicted octanol–water partition coefficient (Wildman–Crippen LogP) is 5.15. The van der Waals surface area contributed by atoms with Crippen LogP contribution in [0.15, 0.2) is 0 Å². The van der Waals surface area contributed by atoms with Gasteiger partial charge in [-0.1, -0.05) is 25.7 Å². The van der Waals surface area contributed by atoms with E-state index in [4.69, 9.17) is 24.3 Å².